The van der Waals surface area contributed by atoms with E-state index in [9.17, 15) is 0 Å². The van der Waals surface area contributed by atoms with Gasteiger partial charge in [0.2, 0.25) is 5.88 Å². The third-order valence-electron chi connectivity index (χ3n) is 3.54. The molecule has 3 heterocycles. The van der Waals surface area contributed by atoms with E-state index >= 15 is 0 Å². The normalized spacial score (nSPS) is 32.7. The predicted octanol–water partition coefficient (Wildman–Crippen LogP) is 2.36. The van der Waals surface area contributed by atoms with Gasteiger partial charge in [0.25, 0.3) is 0 Å². The van der Waals surface area contributed by atoms with Crippen LogP contribution in [-0.2, 0) is 0 Å². The van der Waals surface area contributed by atoms with Gasteiger partial charge < -0.3 is 10.1 Å². The Labute approximate surface area is 104 Å². The van der Waals surface area contributed by atoms with Crippen molar-refractivity contribution in [2.45, 2.75) is 31.4 Å². The summed E-state index contributed by atoms with van der Waals surface area (Å²) in [4.78, 5) is 4.26. The molecule has 2 aliphatic heterocycles. The van der Waals surface area contributed by atoms with Crippen molar-refractivity contribution in [1.82, 2.24) is 10.3 Å². The quantitative estimate of drug-likeness (QED) is 0.904. The van der Waals surface area contributed by atoms with E-state index < -0.39 is 0 Å². The van der Waals surface area contributed by atoms with Crippen molar-refractivity contribution >= 4 is 15.9 Å². The molecule has 3 aliphatic rings. The highest BCUT2D eigenvalue weighted by atomic mass is 79.9. The van der Waals surface area contributed by atoms with Crippen LogP contribution in [-0.4, -0.2) is 23.7 Å². The minimum atomic E-state index is 0.307. The van der Waals surface area contributed by atoms with Gasteiger partial charge in [0.05, 0.1) is 0 Å². The number of aromatic nitrogens is 1. The molecule has 0 radical (unpaired) electrons. The summed E-state index contributed by atoms with van der Waals surface area (Å²) in [5.74, 6) is 1.54. The van der Waals surface area contributed by atoms with Gasteiger partial charge in [-0.05, 0) is 53.7 Å². The van der Waals surface area contributed by atoms with Crippen molar-refractivity contribution in [2.24, 2.45) is 5.92 Å². The minimum absolute atomic E-state index is 0.307. The fraction of sp³-hybridized carbons (Fsp3) is 0.583. The van der Waals surface area contributed by atoms with E-state index in [-0.39, 0.29) is 0 Å². The first kappa shape index (κ1) is 10.5. The lowest BCUT2D eigenvalue weighted by atomic mass is 9.79. The number of piperidine rings is 2. The van der Waals surface area contributed by atoms with Gasteiger partial charge in [0, 0.05) is 22.8 Å². The number of ether oxygens (including phenoxy) is 1. The highest BCUT2D eigenvalue weighted by Crippen LogP contribution is 2.31. The smallest absolute Gasteiger partial charge is 0.213 e. The monoisotopic (exact) mass is 282 g/mol. The van der Waals surface area contributed by atoms with E-state index in [2.05, 4.69) is 26.2 Å². The summed E-state index contributed by atoms with van der Waals surface area (Å²) in [6.07, 6.45) is 5.86. The average Bonchev–Trinajstić information content (AvgIpc) is 2.34. The van der Waals surface area contributed by atoms with Crippen LogP contribution in [0.5, 0.6) is 5.88 Å². The fourth-order valence-corrected chi connectivity index (χ4v) is 2.90. The number of hydrogen-bond donors (Lipinski definition) is 1. The lowest BCUT2D eigenvalue weighted by Crippen LogP contribution is -2.55. The summed E-state index contributed by atoms with van der Waals surface area (Å²) < 4.78 is 6.94. The predicted molar refractivity (Wildman–Crippen MR) is 65.5 cm³/mol. The fourth-order valence-electron chi connectivity index (χ4n) is 2.67. The van der Waals surface area contributed by atoms with Crippen LogP contribution < -0.4 is 10.1 Å². The molecule has 2 saturated heterocycles. The van der Waals surface area contributed by atoms with Crippen LogP contribution in [0.3, 0.4) is 0 Å². The standard InChI is InChI=1S/C12H15BrN2O/c13-9-2-4-12(15-7-9)16-11-5-8-1-3-10(11)14-6-8/h2,4,7-8,10-11,14H,1,3,5-6H2/t8-,10+,11+/m1/s1. The SMILES string of the molecule is Brc1ccc(O[C@H]2C[C@H]3CC[C@@H]2NC3)nc1. The summed E-state index contributed by atoms with van der Waals surface area (Å²) in [5, 5.41) is 3.54. The molecule has 3 fully saturated rings. The van der Waals surface area contributed by atoms with Gasteiger partial charge in [-0.2, -0.15) is 0 Å². The molecule has 0 unspecified atom stereocenters. The molecular formula is C12H15BrN2O. The molecule has 0 spiro atoms. The van der Waals surface area contributed by atoms with Crippen LogP contribution in [0.2, 0.25) is 0 Å². The molecule has 4 heteroatoms. The maximum Gasteiger partial charge on any atom is 0.213 e. The molecule has 1 N–H and O–H groups in total. The topological polar surface area (TPSA) is 34.1 Å². The maximum atomic E-state index is 5.95. The molecule has 1 aromatic heterocycles. The highest BCUT2D eigenvalue weighted by molar-refractivity contribution is 9.10. The van der Waals surface area contributed by atoms with Crippen molar-refractivity contribution in [2.75, 3.05) is 6.54 Å². The van der Waals surface area contributed by atoms with Gasteiger partial charge in [0.1, 0.15) is 6.10 Å². The van der Waals surface area contributed by atoms with E-state index in [0.29, 0.717) is 12.1 Å². The van der Waals surface area contributed by atoms with Crippen LogP contribution in [0.15, 0.2) is 22.8 Å². The summed E-state index contributed by atoms with van der Waals surface area (Å²) in [6.45, 7) is 1.16. The van der Waals surface area contributed by atoms with Gasteiger partial charge in [-0.15, -0.1) is 0 Å². The van der Waals surface area contributed by atoms with E-state index in [4.69, 9.17) is 4.74 Å². The molecule has 0 amide bonds. The molecule has 4 rings (SSSR count). The summed E-state index contributed by atoms with van der Waals surface area (Å²) in [7, 11) is 0. The molecule has 0 aromatic carbocycles. The number of nitrogens with zero attached hydrogens (tertiary/aromatic N) is 1. The van der Waals surface area contributed by atoms with Crippen molar-refractivity contribution in [1.29, 1.82) is 0 Å². The number of pyridine rings is 1. The van der Waals surface area contributed by atoms with Crippen LogP contribution in [0.4, 0.5) is 0 Å². The highest BCUT2D eigenvalue weighted by Gasteiger charge is 2.36. The number of rotatable bonds is 2. The van der Waals surface area contributed by atoms with Crippen LogP contribution in [0, 0.1) is 5.92 Å². The molecule has 1 saturated carbocycles. The van der Waals surface area contributed by atoms with Crippen molar-refractivity contribution in [3.63, 3.8) is 0 Å². The zero-order valence-corrected chi connectivity index (χ0v) is 10.6. The van der Waals surface area contributed by atoms with Crippen LogP contribution >= 0.6 is 15.9 Å². The molecule has 86 valence electrons. The van der Waals surface area contributed by atoms with Crippen LogP contribution in [0.25, 0.3) is 0 Å². The zero-order chi connectivity index (χ0) is 11.0. The molecular weight excluding hydrogens is 268 g/mol. The van der Waals surface area contributed by atoms with Gasteiger partial charge >= 0.3 is 0 Å². The maximum absolute atomic E-state index is 5.95. The molecule has 3 atom stereocenters. The van der Waals surface area contributed by atoms with Gasteiger partial charge in [0.15, 0.2) is 0 Å². The summed E-state index contributed by atoms with van der Waals surface area (Å²) >= 11 is 3.37. The lowest BCUT2D eigenvalue weighted by molar-refractivity contribution is 0.0466. The van der Waals surface area contributed by atoms with Crippen LogP contribution in [0.1, 0.15) is 19.3 Å². The first-order valence-corrected chi connectivity index (χ1v) is 6.62. The second-order valence-electron chi connectivity index (χ2n) is 4.66. The second kappa shape index (κ2) is 4.34. The zero-order valence-electron chi connectivity index (χ0n) is 9.03. The lowest BCUT2D eigenvalue weighted by Gasteiger charge is -2.42. The van der Waals surface area contributed by atoms with Crippen molar-refractivity contribution in [3.8, 4) is 5.88 Å². The van der Waals surface area contributed by atoms with E-state index in [1.54, 1.807) is 6.20 Å². The Morgan fingerprint density at radius 3 is 2.88 bits per heavy atom. The van der Waals surface area contributed by atoms with Crippen molar-refractivity contribution < 1.29 is 4.74 Å². The van der Waals surface area contributed by atoms with E-state index in [1.807, 2.05) is 12.1 Å². The Morgan fingerprint density at radius 1 is 1.38 bits per heavy atom. The number of halogens is 1. The molecule has 1 aromatic rings. The van der Waals surface area contributed by atoms with E-state index in [1.165, 1.54) is 19.3 Å². The van der Waals surface area contributed by atoms with Crippen molar-refractivity contribution in [3.05, 3.63) is 22.8 Å². The third-order valence-corrected chi connectivity index (χ3v) is 4.01. The number of fused-ring (bicyclic) bond motifs is 3. The Kier molecular flexibility index (Phi) is 2.86. The number of hydrogen-bond acceptors (Lipinski definition) is 3. The third kappa shape index (κ3) is 2.09. The molecule has 3 nitrogen and oxygen atoms in total. The van der Waals surface area contributed by atoms with Gasteiger partial charge in [-0.1, -0.05) is 0 Å². The minimum Gasteiger partial charge on any atom is -0.473 e. The number of nitrogens with one attached hydrogen (secondary N) is 1. The Morgan fingerprint density at radius 2 is 2.31 bits per heavy atom. The van der Waals surface area contributed by atoms with E-state index in [0.717, 1.165) is 22.8 Å². The Balaban J connectivity index is 1.68. The summed E-state index contributed by atoms with van der Waals surface area (Å²) in [6, 6.07) is 4.42. The average molecular weight is 283 g/mol. The molecule has 1 aliphatic carbocycles. The second-order valence-corrected chi connectivity index (χ2v) is 5.58. The largest absolute Gasteiger partial charge is 0.473 e. The molecule has 2 bridgehead atoms. The Bertz CT molecular complexity index is 360. The molecule has 16 heavy (non-hydrogen) atoms. The first-order chi connectivity index (χ1) is 7.81. The first-order valence-electron chi connectivity index (χ1n) is 5.83. The summed E-state index contributed by atoms with van der Waals surface area (Å²) in [5.41, 5.74) is 0. The van der Waals surface area contributed by atoms with Gasteiger partial charge in [-0.3, -0.25) is 0 Å². The Hall–Kier alpha value is -0.610. The van der Waals surface area contributed by atoms with Gasteiger partial charge in [-0.25, -0.2) is 4.98 Å².